The first-order valence-corrected chi connectivity index (χ1v) is 9.91. The molecule has 0 heterocycles. The van der Waals surface area contributed by atoms with E-state index in [1.54, 1.807) is 24.3 Å². The van der Waals surface area contributed by atoms with E-state index in [2.05, 4.69) is 26.6 Å². The quantitative estimate of drug-likeness (QED) is 0.292. The van der Waals surface area contributed by atoms with Crippen LogP contribution in [0.2, 0.25) is 0 Å². The molecule has 2 N–H and O–H groups in total. The van der Waals surface area contributed by atoms with Gasteiger partial charge in [-0.2, -0.15) is 0 Å². The van der Waals surface area contributed by atoms with Crippen LogP contribution in [0, 0.1) is 10.1 Å². The number of carbonyl (C=O) groups excluding carboxylic acids is 3. The van der Waals surface area contributed by atoms with Crippen molar-refractivity contribution in [2.45, 2.75) is 19.3 Å². The number of carbonyl (C=O) groups is 3. The molecule has 31 heavy (non-hydrogen) atoms. The third-order valence-electron chi connectivity index (χ3n) is 3.95. The van der Waals surface area contributed by atoms with E-state index >= 15 is 0 Å². The highest BCUT2D eigenvalue weighted by Crippen LogP contribution is 2.28. The lowest BCUT2D eigenvalue weighted by Crippen LogP contribution is -2.21. The van der Waals surface area contributed by atoms with E-state index in [9.17, 15) is 24.5 Å². The van der Waals surface area contributed by atoms with Crippen molar-refractivity contribution < 1.29 is 28.8 Å². The molecule has 0 fully saturated rings. The number of nitro groups is 1. The Balaban J connectivity index is 1.73. The molecule has 0 unspecified atom stereocenters. The van der Waals surface area contributed by atoms with Gasteiger partial charge < -0.3 is 20.1 Å². The van der Waals surface area contributed by atoms with Gasteiger partial charge in [0.1, 0.15) is 11.4 Å². The Hall–Kier alpha value is -3.47. The Kier molecular flexibility index (Phi) is 8.94. The average molecular weight is 494 g/mol. The fraction of sp³-hybridized carbons (Fsp3) is 0.250. The zero-order valence-electron chi connectivity index (χ0n) is 16.6. The van der Waals surface area contributed by atoms with Crippen molar-refractivity contribution in [1.82, 2.24) is 0 Å². The van der Waals surface area contributed by atoms with Crippen LogP contribution in [-0.2, 0) is 19.1 Å². The number of nitrogens with zero attached hydrogens (tertiary/aromatic N) is 1. The Bertz CT molecular complexity index is 964. The van der Waals surface area contributed by atoms with Gasteiger partial charge in [0.25, 0.3) is 11.6 Å². The first-order valence-electron chi connectivity index (χ1n) is 9.12. The molecule has 2 aromatic carbocycles. The summed E-state index contributed by atoms with van der Waals surface area (Å²) < 4.78 is 10.7. The van der Waals surface area contributed by atoms with Crippen molar-refractivity contribution in [2.75, 3.05) is 24.4 Å². The van der Waals surface area contributed by atoms with Crippen molar-refractivity contribution in [3.8, 4) is 5.75 Å². The minimum absolute atomic E-state index is 0.0552. The second-order valence-electron chi connectivity index (χ2n) is 6.26. The number of amides is 2. The molecule has 11 heteroatoms. The van der Waals surface area contributed by atoms with Gasteiger partial charge in [-0.15, -0.1) is 0 Å². The zero-order valence-corrected chi connectivity index (χ0v) is 18.1. The van der Waals surface area contributed by atoms with Gasteiger partial charge in [-0.05, 0) is 36.8 Å². The number of nitrogens with one attached hydrogen (secondary N) is 2. The number of hydrogen-bond donors (Lipinski definition) is 2. The monoisotopic (exact) mass is 493 g/mol. The molecule has 0 bridgehead atoms. The molecule has 2 aromatic rings. The van der Waals surface area contributed by atoms with Gasteiger partial charge in [0.2, 0.25) is 5.91 Å². The summed E-state index contributed by atoms with van der Waals surface area (Å²) in [7, 11) is 1.38. The van der Waals surface area contributed by atoms with E-state index in [4.69, 9.17) is 9.47 Å². The van der Waals surface area contributed by atoms with E-state index in [1.807, 2.05) is 0 Å². The topological polar surface area (TPSA) is 137 Å². The molecule has 2 rings (SSSR count). The summed E-state index contributed by atoms with van der Waals surface area (Å²) in [5.41, 5.74) is 0.242. The Morgan fingerprint density at radius 1 is 1.03 bits per heavy atom. The van der Waals surface area contributed by atoms with E-state index in [-0.39, 0.29) is 36.5 Å². The highest BCUT2D eigenvalue weighted by molar-refractivity contribution is 9.10. The van der Waals surface area contributed by atoms with Crippen LogP contribution < -0.4 is 15.4 Å². The average Bonchev–Trinajstić information content (AvgIpc) is 2.73. The lowest BCUT2D eigenvalue weighted by Gasteiger charge is -2.09. The lowest BCUT2D eigenvalue weighted by atomic mass is 10.2. The third-order valence-corrected chi connectivity index (χ3v) is 4.48. The van der Waals surface area contributed by atoms with Gasteiger partial charge in [-0.25, -0.2) is 0 Å². The van der Waals surface area contributed by atoms with Crippen LogP contribution in [0.5, 0.6) is 5.75 Å². The summed E-state index contributed by atoms with van der Waals surface area (Å²) in [5, 5.41) is 16.1. The number of hydrogen-bond acceptors (Lipinski definition) is 7. The van der Waals surface area contributed by atoms with E-state index in [1.165, 1.54) is 25.3 Å². The van der Waals surface area contributed by atoms with Crippen molar-refractivity contribution in [3.63, 3.8) is 0 Å². The first kappa shape index (κ1) is 23.8. The largest absolute Gasteiger partial charge is 0.497 e. The van der Waals surface area contributed by atoms with E-state index < -0.39 is 23.4 Å². The standard InChI is InChI=1S/C20H20BrN3O7/c1-30-15-9-10-17(24(28)29)16(11-15)23-19(26)12-31-20(27)4-2-3-18(25)22-14-7-5-13(21)6-8-14/h5-11H,2-4,12H2,1H3,(H,22,25)(H,23,26). The summed E-state index contributed by atoms with van der Waals surface area (Å²) in [6.07, 6.45) is 0.290. The number of ether oxygens (including phenoxy) is 2. The number of benzene rings is 2. The van der Waals surface area contributed by atoms with Gasteiger partial charge in [0.15, 0.2) is 6.61 Å². The van der Waals surface area contributed by atoms with Gasteiger partial charge >= 0.3 is 5.97 Å². The minimum atomic E-state index is -0.738. The molecule has 0 atom stereocenters. The summed E-state index contributed by atoms with van der Waals surface area (Å²) in [6.45, 7) is -0.613. The second-order valence-corrected chi connectivity index (χ2v) is 7.17. The van der Waals surface area contributed by atoms with Crippen molar-refractivity contribution >= 4 is 50.8 Å². The molecule has 0 aliphatic carbocycles. The summed E-state index contributed by atoms with van der Waals surface area (Å²) >= 11 is 3.30. The Labute approximate surface area is 186 Å². The molecule has 10 nitrogen and oxygen atoms in total. The van der Waals surface area contributed by atoms with Crippen LogP contribution >= 0.6 is 15.9 Å². The maximum absolute atomic E-state index is 12.0. The van der Waals surface area contributed by atoms with E-state index in [0.29, 0.717) is 11.4 Å². The molecule has 0 saturated carbocycles. The minimum Gasteiger partial charge on any atom is -0.497 e. The summed E-state index contributed by atoms with van der Waals surface area (Å²) in [6, 6.07) is 10.9. The maximum Gasteiger partial charge on any atom is 0.306 e. The van der Waals surface area contributed by atoms with Gasteiger partial charge in [0, 0.05) is 35.1 Å². The van der Waals surface area contributed by atoms with Crippen molar-refractivity contribution in [1.29, 1.82) is 0 Å². The molecule has 0 aliphatic rings. The fourth-order valence-corrected chi connectivity index (χ4v) is 2.72. The number of nitro benzene ring substituents is 1. The normalized spacial score (nSPS) is 10.1. The SMILES string of the molecule is COc1ccc([N+](=O)[O-])c(NC(=O)COC(=O)CCCC(=O)Nc2ccc(Br)cc2)c1. The first-order chi connectivity index (χ1) is 14.8. The maximum atomic E-state index is 12.0. The second kappa shape index (κ2) is 11.6. The van der Waals surface area contributed by atoms with Crippen LogP contribution in [0.25, 0.3) is 0 Å². The van der Waals surface area contributed by atoms with Crippen LogP contribution in [0.15, 0.2) is 46.9 Å². The number of esters is 1. The molecule has 0 saturated heterocycles. The van der Waals surface area contributed by atoms with Crippen molar-refractivity contribution in [2.24, 2.45) is 0 Å². The molecule has 0 radical (unpaired) electrons. The molecule has 2 amide bonds. The highest BCUT2D eigenvalue weighted by atomic mass is 79.9. The molecule has 164 valence electrons. The molecular weight excluding hydrogens is 474 g/mol. The van der Waals surface area contributed by atoms with Crippen LogP contribution in [-0.4, -0.2) is 36.4 Å². The highest BCUT2D eigenvalue weighted by Gasteiger charge is 2.18. The summed E-state index contributed by atoms with van der Waals surface area (Å²) in [5.74, 6) is -1.33. The number of halogens is 1. The molecule has 0 aromatic heterocycles. The smallest absolute Gasteiger partial charge is 0.306 e. The molecular formula is C20H20BrN3O7. The summed E-state index contributed by atoms with van der Waals surface area (Å²) in [4.78, 5) is 46.1. The number of rotatable bonds is 10. The Morgan fingerprint density at radius 2 is 1.74 bits per heavy atom. The van der Waals surface area contributed by atoms with Gasteiger partial charge in [-0.1, -0.05) is 15.9 Å². The van der Waals surface area contributed by atoms with Gasteiger partial charge in [0.05, 0.1) is 12.0 Å². The predicted octanol–water partition coefficient (Wildman–Crippen LogP) is 3.66. The van der Waals surface area contributed by atoms with Crippen molar-refractivity contribution in [3.05, 3.63) is 57.1 Å². The van der Waals surface area contributed by atoms with Crippen LogP contribution in [0.3, 0.4) is 0 Å². The number of anilines is 2. The number of methoxy groups -OCH3 is 1. The van der Waals surface area contributed by atoms with Crippen LogP contribution in [0.4, 0.5) is 17.1 Å². The third kappa shape index (κ3) is 8.05. The fourth-order valence-electron chi connectivity index (χ4n) is 2.46. The molecule has 0 aliphatic heterocycles. The lowest BCUT2D eigenvalue weighted by molar-refractivity contribution is -0.383. The Morgan fingerprint density at radius 3 is 2.39 bits per heavy atom. The van der Waals surface area contributed by atoms with E-state index in [0.717, 1.165) is 4.47 Å². The predicted molar refractivity (Wildman–Crippen MR) is 116 cm³/mol. The van der Waals surface area contributed by atoms with Crippen LogP contribution in [0.1, 0.15) is 19.3 Å². The molecule has 0 spiro atoms. The van der Waals surface area contributed by atoms with Gasteiger partial charge in [-0.3, -0.25) is 24.5 Å². The zero-order chi connectivity index (χ0) is 22.8.